The highest BCUT2D eigenvalue weighted by atomic mass is 32.1. The molecule has 3 heterocycles. The van der Waals surface area contributed by atoms with Gasteiger partial charge in [-0.3, -0.25) is 0 Å². The Hall–Kier alpha value is -3.12. The van der Waals surface area contributed by atoms with E-state index < -0.39 is 0 Å². The van der Waals surface area contributed by atoms with E-state index in [0.29, 0.717) is 5.82 Å². The molecule has 0 aliphatic carbocycles. The zero-order chi connectivity index (χ0) is 20.8. The van der Waals surface area contributed by atoms with Crippen LogP contribution < -0.4 is 11.1 Å². The van der Waals surface area contributed by atoms with E-state index in [1.165, 1.54) is 16.7 Å². The Morgan fingerprint density at radius 1 is 1.17 bits per heavy atom. The van der Waals surface area contributed by atoms with Gasteiger partial charge in [0, 0.05) is 6.54 Å². The first-order valence-electron chi connectivity index (χ1n) is 9.62. The standard InChI is InChI=1S/C12H12N4S.C11H15N/c1-7-5-9(13)16-10(6-7)14-12(15-16)11-8(2)3-4-17-11;1-3-10-7-5-6-8-11(10)9-12-4-2/h3-6H,13H2,1-2H3;4-8,12H,2-3,9H2,1H3. The van der Waals surface area contributed by atoms with E-state index in [2.05, 4.69) is 66.2 Å². The molecule has 0 fully saturated rings. The molecular formula is C23H27N5S. The Bertz CT molecular complexity index is 1110. The van der Waals surface area contributed by atoms with E-state index in [1.807, 2.05) is 24.4 Å². The third kappa shape index (κ3) is 4.84. The molecule has 0 saturated heterocycles. The Balaban J connectivity index is 0.000000177. The fourth-order valence-electron chi connectivity index (χ4n) is 3.10. The van der Waals surface area contributed by atoms with Crippen LogP contribution in [0.15, 0.2) is 60.6 Å². The van der Waals surface area contributed by atoms with E-state index in [4.69, 9.17) is 5.73 Å². The summed E-state index contributed by atoms with van der Waals surface area (Å²) in [6.45, 7) is 10.7. The van der Waals surface area contributed by atoms with Gasteiger partial charge < -0.3 is 11.1 Å². The predicted molar refractivity (Wildman–Crippen MR) is 123 cm³/mol. The fraction of sp³-hybridized carbons (Fsp3) is 0.217. The topological polar surface area (TPSA) is 68.2 Å². The minimum Gasteiger partial charge on any atom is -0.387 e. The van der Waals surface area contributed by atoms with Gasteiger partial charge in [0.2, 0.25) is 0 Å². The van der Waals surface area contributed by atoms with Crippen molar-refractivity contribution in [3.05, 3.63) is 82.9 Å². The van der Waals surface area contributed by atoms with Crippen LogP contribution in [0.3, 0.4) is 0 Å². The van der Waals surface area contributed by atoms with Gasteiger partial charge in [0.05, 0.1) is 4.88 Å². The summed E-state index contributed by atoms with van der Waals surface area (Å²) in [5, 5.41) is 9.60. The van der Waals surface area contributed by atoms with E-state index >= 15 is 0 Å². The van der Waals surface area contributed by atoms with Crippen molar-refractivity contribution in [3.63, 3.8) is 0 Å². The number of anilines is 1. The van der Waals surface area contributed by atoms with Crippen LogP contribution in [0.1, 0.15) is 29.2 Å². The van der Waals surface area contributed by atoms with Gasteiger partial charge >= 0.3 is 0 Å². The average molecular weight is 406 g/mol. The predicted octanol–water partition coefficient (Wildman–Crippen LogP) is 5.14. The van der Waals surface area contributed by atoms with Gasteiger partial charge in [0.15, 0.2) is 11.5 Å². The molecule has 0 spiro atoms. The highest BCUT2D eigenvalue weighted by Crippen LogP contribution is 2.27. The second kappa shape index (κ2) is 9.39. The molecule has 0 saturated carbocycles. The lowest BCUT2D eigenvalue weighted by molar-refractivity contribution is 0.855. The van der Waals surface area contributed by atoms with E-state index in [-0.39, 0.29) is 0 Å². The van der Waals surface area contributed by atoms with Gasteiger partial charge in [0.25, 0.3) is 0 Å². The van der Waals surface area contributed by atoms with Crippen molar-refractivity contribution in [2.24, 2.45) is 0 Å². The van der Waals surface area contributed by atoms with Crippen LogP contribution in [0.2, 0.25) is 0 Å². The summed E-state index contributed by atoms with van der Waals surface area (Å²) in [6.07, 6.45) is 2.82. The molecule has 3 N–H and O–H groups in total. The lowest BCUT2D eigenvalue weighted by atomic mass is 10.1. The number of aromatic nitrogens is 3. The van der Waals surface area contributed by atoms with Crippen LogP contribution >= 0.6 is 11.3 Å². The first-order chi connectivity index (χ1) is 14.0. The number of hydrogen-bond acceptors (Lipinski definition) is 5. The molecular weight excluding hydrogens is 378 g/mol. The van der Waals surface area contributed by atoms with Crippen molar-refractivity contribution < 1.29 is 0 Å². The number of hydrogen-bond donors (Lipinski definition) is 2. The van der Waals surface area contributed by atoms with Crippen LogP contribution in [-0.4, -0.2) is 14.6 Å². The molecule has 150 valence electrons. The van der Waals surface area contributed by atoms with E-state index in [1.54, 1.807) is 22.1 Å². The number of fused-ring (bicyclic) bond motifs is 1. The van der Waals surface area contributed by atoms with Crippen LogP contribution in [-0.2, 0) is 13.0 Å². The zero-order valence-corrected chi connectivity index (χ0v) is 18.0. The number of nitrogen functional groups attached to an aromatic ring is 1. The number of nitrogens with one attached hydrogen (secondary N) is 1. The second-order valence-electron chi connectivity index (χ2n) is 6.80. The fourth-order valence-corrected chi connectivity index (χ4v) is 3.96. The van der Waals surface area contributed by atoms with Crippen LogP contribution in [0, 0.1) is 13.8 Å². The van der Waals surface area contributed by atoms with Crippen LogP contribution in [0.25, 0.3) is 16.3 Å². The van der Waals surface area contributed by atoms with E-state index in [0.717, 1.165) is 34.9 Å². The minimum atomic E-state index is 0.618. The maximum atomic E-state index is 5.93. The van der Waals surface area contributed by atoms with Crippen molar-refractivity contribution in [1.82, 2.24) is 19.9 Å². The summed E-state index contributed by atoms with van der Waals surface area (Å²) in [5.41, 5.74) is 11.8. The molecule has 5 nitrogen and oxygen atoms in total. The lowest BCUT2D eigenvalue weighted by Gasteiger charge is -2.06. The molecule has 0 aliphatic rings. The molecule has 0 radical (unpaired) electrons. The van der Waals surface area contributed by atoms with Crippen molar-refractivity contribution >= 4 is 22.8 Å². The van der Waals surface area contributed by atoms with Gasteiger partial charge in [0.1, 0.15) is 5.82 Å². The van der Waals surface area contributed by atoms with Crippen molar-refractivity contribution in [3.8, 4) is 10.7 Å². The SMILES string of the molecule is C=CNCc1ccccc1CC.Cc1cc(N)n2nc(-c3sccc3C)nc2c1. The molecule has 0 aliphatic heterocycles. The molecule has 0 bridgehead atoms. The molecule has 1 aromatic carbocycles. The van der Waals surface area contributed by atoms with Gasteiger partial charge in [-0.05, 0) is 72.3 Å². The molecule has 0 atom stereocenters. The Kier molecular flexibility index (Phi) is 6.67. The first-order valence-corrected chi connectivity index (χ1v) is 10.5. The Morgan fingerprint density at radius 3 is 2.59 bits per heavy atom. The highest BCUT2D eigenvalue weighted by molar-refractivity contribution is 7.13. The van der Waals surface area contributed by atoms with Gasteiger partial charge in [-0.25, -0.2) is 4.98 Å². The van der Waals surface area contributed by atoms with Crippen LogP contribution in [0.5, 0.6) is 0 Å². The Morgan fingerprint density at radius 2 is 1.93 bits per heavy atom. The third-order valence-electron chi connectivity index (χ3n) is 4.61. The number of thiophene rings is 1. The normalized spacial score (nSPS) is 10.4. The van der Waals surface area contributed by atoms with E-state index in [9.17, 15) is 0 Å². The lowest BCUT2D eigenvalue weighted by Crippen LogP contribution is -2.05. The number of rotatable bonds is 5. The monoisotopic (exact) mass is 405 g/mol. The molecule has 4 rings (SSSR count). The summed E-state index contributed by atoms with van der Waals surface area (Å²) in [6, 6.07) is 14.4. The molecule has 29 heavy (non-hydrogen) atoms. The quantitative estimate of drug-likeness (QED) is 0.482. The van der Waals surface area contributed by atoms with Crippen molar-refractivity contribution in [1.29, 1.82) is 0 Å². The summed E-state index contributed by atoms with van der Waals surface area (Å²) in [4.78, 5) is 5.62. The maximum Gasteiger partial charge on any atom is 0.192 e. The molecule has 0 amide bonds. The van der Waals surface area contributed by atoms with Gasteiger partial charge in [-0.1, -0.05) is 37.8 Å². The third-order valence-corrected chi connectivity index (χ3v) is 5.62. The van der Waals surface area contributed by atoms with Gasteiger partial charge in [-0.15, -0.1) is 16.4 Å². The average Bonchev–Trinajstić information content (AvgIpc) is 3.33. The Labute approximate surface area is 175 Å². The summed E-state index contributed by atoms with van der Waals surface area (Å²) < 4.78 is 1.68. The van der Waals surface area contributed by atoms with Crippen molar-refractivity contribution in [2.45, 2.75) is 33.7 Å². The van der Waals surface area contributed by atoms with Crippen LogP contribution in [0.4, 0.5) is 5.82 Å². The number of aryl methyl sites for hydroxylation is 3. The number of nitrogens with two attached hydrogens (primary N) is 1. The summed E-state index contributed by atoms with van der Waals surface area (Å²) in [5.74, 6) is 1.36. The minimum absolute atomic E-state index is 0.618. The molecule has 3 aromatic heterocycles. The summed E-state index contributed by atoms with van der Waals surface area (Å²) >= 11 is 1.65. The smallest absolute Gasteiger partial charge is 0.192 e. The van der Waals surface area contributed by atoms with Crippen molar-refractivity contribution in [2.75, 3.05) is 5.73 Å². The highest BCUT2D eigenvalue weighted by Gasteiger charge is 2.11. The molecule has 6 heteroatoms. The largest absolute Gasteiger partial charge is 0.387 e. The first kappa shape index (κ1) is 20.6. The van der Waals surface area contributed by atoms with Gasteiger partial charge in [-0.2, -0.15) is 4.52 Å². The number of nitrogens with zero attached hydrogens (tertiary/aromatic N) is 3. The maximum absolute atomic E-state index is 5.93. The summed E-state index contributed by atoms with van der Waals surface area (Å²) in [7, 11) is 0. The molecule has 0 unspecified atom stereocenters. The zero-order valence-electron chi connectivity index (χ0n) is 17.1. The number of pyridine rings is 1. The second-order valence-corrected chi connectivity index (χ2v) is 7.72. The molecule has 4 aromatic rings. The number of benzene rings is 1.